The largest absolute Gasteiger partial charge is 0.383 e. The Kier molecular flexibility index (Phi) is 2.39. The maximum absolute atomic E-state index is 4.87. The molecule has 4 heteroatoms. The molecule has 0 N–H and O–H groups in total. The third-order valence-electron chi connectivity index (χ3n) is 1.27. The minimum absolute atomic E-state index is 0.676. The second-order valence-electron chi connectivity index (χ2n) is 1.99. The highest BCUT2D eigenvalue weighted by molar-refractivity contribution is 4.77. The summed E-state index contributed by atoms with van der Waals surface area (Å²) in [6.45, 7) is 3.34. The van der Waals surface area contributed by atoms with Crippen molar-refractivity contribution >= 4 is 0 Å². The summed E-state index contributed by atoms with van der Waals surface area (Å²) in [4.78, 5) is 0. The zero-order chi connectivity index (χ0) is 7.40. The quantitative estimate of drug-likeness (QED) is 0.594. The molecule has 4 nitrogen and oxygen atoms in total. The molecule has 0 aliphatic carbocycles. The molecule has 1 heterocycles. The lowest BCUT2D eigenvalue weighted by Crippen LogP contribution is -2.04. The number of aryl methyl sites for hydroxylation is 1. The van der Waals surface area contributed by atoms with Gasteiger partial charge in [0.05, 0.1) is 6.61 Å². The average Bonchev–Trinajstić information content (AvgIpc) is 2.31. The van der Waals surface area contributed by atoms with E-state index in [4.69, 9.17) is 4.74 Å². The van der Waals surface area contributed by atoms with E-state index in [9.17, 15) is 0 Å². The SMILES string of the molecule is COCCn1[c]nnc1C. The van der Waals surface area contributed by atoms with Crippen molar-refractivity contribution < 1.29 is 4.74 Å². The van der Waals surface area contributed by atoms with Gasteiger partial charge in [0, 0.05) is 13.7 Å². The second-order valence-corrected chi connectivity index (χ2v) is 1.99. The summed E-state index contributed by atoms with van der Waals surface area (Å²) >= 11 is 0. The van der Waals surface area contributed by atoms with Gasteiger partial charge in [0.1, 0.15) is 5.82 Å². The number of hydrogen-bond acceptors (Lipinski definition) is 3. The molecule has 1 radical (unpaired) electrons. The summed E-state index contributed by atoms with van der Waals surface area (Å²) in [5.74, 6) is 0.872. The van der Waals surface area contributed by atoms with Crippen molar-refractivity contribution in [2.45, 2.75) is 13.5 Å². The molecule has 0 aromatic carbocycles. The molecule has 0 atom stereocenters. The van der Waals surface area contributed by atoms with Crippen molar-refractivity contribution in [2.24, 2.45) is 0 Å². The second kappa shape index (κ2) is 3.31. The fraction of sp³-hybridized carbons (Fsp3) is 0.667. The lowest BCUT2D eigenvalue weighted by molar-refractivity contribution is 0.186. The van der Waals surface area contributed by atoms with Gasteiger partial charge >= 0.3 is 0 Å². The Morgan fingerprint density at radius 1 is 1.70 bits per heavy atom. The highest BCUT2D eigenvalue weighted by atomic mass is 16.5. The zero-order valence-electron chi connectivity index (χ0n) is 6.16. The van der Waals surface area contributed by atoms with Gasteiger partial charge < -0.3 is 9.30 Å². The van der Waals surface area contributed by atoms with Crippen LogP contribution in [-0.2, 0) is 11.3 Å². The van der Waals surface area contributed by atoms with Crippen LogP contribution in [0.2, 0.25) is 0 Å². The van der Waals surface area contributed by atoms with Crippen LogP contribution in [-0.4, -0.2) is 28.5 Å². The third kappa shape index (κ3) is 1.54. The van der Waals surface area contributed by atoms with Crippen molar-refractivity contribution in [1.29, 1.82) is 0 Å². The number of aromatic nitrogens is 3. The average molecular weight is 140 g/mol. The number of ether oxygens (including phenoxy) is 1. The molecule has 0 saturated carbocycles. The van der Waals surface area contributed by atoms with E-state index in [0.29, 0.717) is 6.61 Å². The molecule has 10 heavy (non-hydrogen) atoms. The number of hydrogen-bond donors (Lipinski definition) is 0. The molecular weight excluding hydrogens is 130 g/mol. The van der Waals surface area contributed by atoms with Crippen molar-refractivity contribution in [3.8, 4) is 0 Å². The van der Waals surface area contributed by atoms with Crippen LogP contribution in [0.15, 0.2) is 0 Å². The molecule has 0 bridgehead atoms. The fourth-order valence-electron chi connectivity index (χ4n) is 0.669. The Labute approximate surface area is 59.8 Å². The minimum Gasteiger partial charge on any atom is -0.383 e. The molecular formula is C6H10N3O. The molecule has 1 rings (SSSR count). The molecule has 0 unspecified atom stereocenters. The van der Waals surface area contributed by atoms with Gasteiger partial charge in [0.2, 0.25) is 6.33 Å². The minimum atomic E-state index is 0.676. The van der Waals surface area contributed by atoms with Gasteiger partial charge in [0.15, 0.2) is 0 Å². The summed E-state index contributed by atoms with van der Waals surface area (Å²) in [6.07, 6.45) is 2.72. The monoisotopic (exact) mass is 140 g/mol. The summed E-state index contributed by atoms with van der Waals surface area (Å²) in [7, 11) is 1.67. The maximum atomic E-state index is 4.87. The van der Waals surface area contributed by atoms with Crippen LogP contribution >= 0.6 is 0 Å². The predicted octanol–water partition coefficient (Wildman–Crippen LogP) is 0.0331. The lowest BCUT2D eigenvalue weighted by atomic mass is 10.6. The van der Waals surface area contributed by atoms with Crippen LogP contribution < -0.4 is 0 Å². The van der Waals surface area contributed by atoms with Gasteiger partial charge in [-0.1, -0.05) is 0 Å². The topological polar surface area (TPSA) is 39.9 Å². The third-order valence-corrected chi connectivity index (χ3v) is 1.27. The van der Waals surface area contributed by atoms with Crippen molar-refractivity contribution in [3.05, 3.63) is 12.2 Å². The standard InChI is InChI=1S/C6H10N3O/c1-6-8-7-5-9(6)3-4-10-2/h3-4H2,1-2H3. The van der Waals surface area contributed by atoms with Crippen LogP contribution in [0.1, 0.15) is 5.82 Å². The van der Waals surface area contributed by atoms with Gasteiger partial charge in [-0.05, 0) is 6.92 Å². The van der Waals surface area contributed by atoms with Gasteiger partial charge in [-0.3, -0.25) is 0 Å². The first-order valence-electron chi connectivity index (χ1n) is 3.11. The number of nitrogens with zero attached hydrogens (tertiary/aromatic N) is 3. The van der Waals surface area contributed by atoms with Crippen LogP contribution in [0, 0.1) is 13.3 Å². The van der Waals surface area contributed by atoms with Gasteiger partial charge in [-0.2, -0.15) is 0 Å². The van der Waals surface area contributed by atoms with E-state index in [1.165, 1.54) is 0 Å². The van der Waals surface area contributed by atoms with E-state index in [2.05, 4.69) is 16.5 Å². The van der Waals surface area contributed by atoms with Crippen molar-refractivity contribution in [3.63, 3.8) is 0 Å². The Morgan fingerprint density at radius 2 is 2.50 bits per heavy atom. The summed E-state index contributed by atoms with van der Waals surface area (Å²) in [5, 5.41) is 7.38. The Bertz CT molecular complexity index is 197. The van der Waals surface area contributed by atoms with Crippen LogP contribution in [0.5, 0.6) is 0 Å². The molecule has 0 fully saturated rings. The fourth-order valence-corrected chi connectivity index (χ4v) is 0.669. The lowest BCUT2D eigenvalue weighted by Gasteiger charge is -1.99. The molecule has 0 aliphatic rings. The maximum Gasteiger partial charge on any atom is 0.202 e. The highest BCUT2D eigenvalue weighted by Gasteiger charge is 1.95. The molecule has 1 aromatic rings. The van der Waals surface area contributed by atoms with E-state index in [0.717, 1.165) is 12.4 Å². The van der Waals surface area contributed by atoms with E-state index >= 15 is 0 Å². The number of rotatable bonds is 3. The van der Waals surface area contributed by atoms with Crippen LogP contribution in [0.3, 0.4) is 0 Å². The van der Waals surface area contributed by atoms with E-state index in [-0.39, 0.29) is 0 Å². The smallest absolute Gasteiger partial charge is 0.202 e. The van der Waals surface area contributed by atoms with Gasteiger partial charge in [0.25, 0.3) is 0 Å². The summed E-state index contributed by atoms with van der Waals surface area (Å²) < 4.78 is 6.70. The summed E-state index contributed by atoms with van der Waals surface area (Å²) in [5.41, 5.74) is 0. The van der Waals surface area contributed by atoms with Crippen molar-refractivity contribution in [2.75, 3.05) is 13.7 Å². The molecule has 0 spiro atoms. The van der Waals surface area contributed by atoms with Gasteiger partial charge in [-0.25, -0.2) is 0 Å². The van der Waals surface area contributed by atoms with Gasteiger partial charge in [-0.15, -0.1) is 10.2 Å². The van der Waals surface area contributed by atoms with Crippen LogP contribution in [0.4, 0.5) is 0 Å². The molecule has 0 aliphatic heterocycles. The molecule has 1 aromatic heterocycles. The number of methoxy groups -OCH3 is 1. The first-order valence-corrected chi connectivity index (χ1v) is 3.11. The first-order chi connectivity index (χ1) is 4.84. The normalized spacial score (nSPS) is 10.2. The molecule has 0 saturated heterocycles. The van der Waals surface area contributed by atoms with E-state index < -0.39 is 0 Å². The zero-order valence-corrected chi connectivity index (χ0v) is 6.16. The van der Waals surface area contributed by atoms with E-state index in [1.54, 1.807) is 7.11 Å². The van der Waals surface area contributed by atoms with Crippen molar-refractivity contribution in [1.82, 2.24) is 14.8 Å². The Balaban J connectivity index is 2.49. The van der Waals surface area contributed by atoms with E-state index in [1.807, 2.05) is 11.5 Å². The summed E-state index contributed by atoms with van der Waals surface area (Å²) in [6, 6.07) is 0. The van der Waals surface area contributed by atoms with Crippen LogP contribution in [0.25, 0.3) is 0 Å². The Hall–Kier alpha value is -0.900. The first kappa shape index (κ1) is 7.21. The predicted molar refractivity (Wildman–Crippen MR) is 35.5 cm³/mol. The molecule has 0 amide bonds. The Morgan fingerprint density at radius 3 is 3.00 bits per heavy atom. The highest BCUT2D eigenvalue weighted by Crippen LogP contribution is 1.89. The molecule has 55 valence electrons.